The molecule has 30 heavy (non-hydrogen) atoms. The van der Waals surface area contributed by atoms with Gasteiger partial charge in [0.15, 0.2) is 24.7 Å². The number of benzene rings is 2. The van der Waals surface area contributed by atoms with Gasteiger partial charge in [-0.05, 0) is 72.7 Å². The van der Waals surface area contributed by atoms with E-state index in [0.717, 1.165) is 12.8 Å². The number of methoxy groups -OCH3 is 1. The van der Waals surface area contributed by atoms with Gasteiger partial charge in [0.05, 0.1) is 13.3 Å². The van der Waals surface area contributed by atoms with E-state index in [1.165, 1.54) is 37.3 Å². The van der Waals surface area contributed by atoms with Crippen LogP contribution in [0.1, 0.15) is 29.5 Å². The molecule has 1 aliphatic carbocycles. The third-order valence-corrected chi connectivity index (χ3v) is 4.65. The zero-order valence-corrected chi connectivity index (χ0v) is 16.8. The molecule has 8 nitrogen and oxygen atoms in total. The maximum Gasteiger partial charge on any atom is 0.277 e. The van der Waals surface area contributed by atoms with E-state index < -0.39 is 5.91 Å². The van der Waals surface area contributed by atoms with Crippen molar-refractivity contribution in [2.75, 3.05) is 20.3 Å². The van der Waals surface area contributed by atoms with Gasteiger partial charge in [-0.1, -0.05) is 6.07 Å². The number of primary amides is 1. The second kappa shape index (κ2) is 10.3. The van der Waals surface area contributed by atoms with Crippen LogP contribution >= 0.6 is 0 Å². The highest BCUT2D eigenvalue weighted by Crippen LogP contribution is 2.27. The predicted octanol–water partition coefficient (Wildman–Crippen LogP) is 1.97. The Balaban J connectivity index is 1.50. The fraction of sp³-hybridized carbons (Fsp3) is 0.318. The molecule has 0 aromatic heterocycles. The lowest BCUT2D eigenvalue weighted by Gasteiger charge is -2.16. The van der Waals surface area contributed by atoms with Crippen molar-refractivity contribution in [3.8, 4) is 17.2 Å². The molecule has 0 saturated carbocycles. The SMILES string of the molecule is COc1cc(/C=N\NC(=O)COc2ccc3c(c2)CCCC3)ccc1OCC(N)=O. The summed E-state index contributed by atoms with van der Waals surface area (Å²) in [5.74, 6) is 0.546. The number of aryl methyl sites for hydroxylation is 2. The molecule has 2 aromatic carbocycles. The van der Waals surface area contributed by atoms with Crippen LogP contribution in [-0.2, 0) is 22.4 Å². The molecule has 0 fully saturated rings. The molecule has 1 aliphatic rings. The van der Waals surface area contributed by atoms with Gasteiger partial charge in [-0.2, -0.15) is 5.10 Å². The van der Waals surface area contributed by atoms with E-state index in [4.69, 9.17) is 19.9 Å². The number of nitrogens with one attached hydrogen (secondary N) is 1. The fourth-order valence-corrected chi connectivity index (χ4v) is 3.19. The van der Waals surface area contributed by atoms with Crippen molar-refractivity contribution in [3.63, 3.8) is 0 Å². The van der Waals surface area contributed by atoms with Gasteiger partial charge in [0.2, 0.25) is 0 Å². The highest BCUT2D eigenvalue weighted by Gasteiger charge is 2.11. The van der Waals surface area contributed by atoms with Gasteiger partial charge in [-0.3, -0.25) is 9.59 Å². The average Bonchev–Trinajstić information content (AvgIpc) is 2.76. The number of hydrogen-bond donors (Lipinski definition) is 2. The van der Waals surface area contributed by atoms with Crippen LogP contribution in [0, 0.1) is 0 Å². The van der Waals surface area contributed by atoms with Gasteiger partial charge in [0.1, 0.15) is 5.75 Å². The number of ether oxygens (including phenoxy) is 3. The number of nitrogens with two attached hydrogens (primary N) is 1. The lowest BCUT2D eigenvalue weighted by molar-refractivity contribution is -0.123. The monoisotopic (exact) mass is 411 g/mol. The van der Waals surface area contributed by atoms with E-state index in [9.17, 15) is 9.59 Å². The molecule has 0 aliphatic heterocycles. The van der Waals surface area contributed by atoms with Crippen LogP contribution in [0.4, 0.5) is 0 Å². The van der Waals surface area contributed by atoms with Crippen LogP contribution in [0.5, 0.6) is 17.2 Å². The second-order valence-electron chi connectivity index (χ2n) is 6.88. The van der Waals surface area contributed by atoms with Gasteiger partial charge in [-0.15, -0.1) is 0 Å². The summed E-state index contributed by atoms with van der Waals surface area (Å²) >= 11 is 0. The smallest absolute Gasteiger partial charge is 0.277 e. The number of hydrazone groups is 1. The van der Waals surface area contributed by atoms with E-state index in [-0.39, 0.29) is 19.1 Å². The van der Waals surface area contributed by atoms with Crippen molar-refractivity contribution < 1.29 is 23.8 Å². The van der Waals surface area contributed by atoms with Crippen molar-refractivity contribution in [2.45, 2.75) is 25.7 Å². The molecule has 0 saturated heterocycles. The first-order valence-corrected chi connectivity index (χ1v) is 9.71. The molecule has 158 valence electrons. The third kappa shape index (κ3) is 5.97. The Bertz CT molecular complexity index is 942. The molecule has 0 spiro atoms. The quantitative estimate of drug-likeness (QED) is 0.484. The highest BCUT2D eigenvalue weighted by molar-refractivity contribution is 5.83. The summed E-state index contributed by atoms with van der Waals surface area (Å²) < 4.78 is 16.1. The molecule has 2 amide bonds. The van der Waals surface area contributed by atoms with Crippen LogP contribution in [0.2, 0.25) is 0 Å². The van der Waals surface area contributed by atoms with E-state index in [1.54, 1.807) is 18.2 Å². The Hall–Kier alpha value is -3.55. The summed E-state index contributed by atoms with van der Waals surface area (Å²) in [5, 5.41) is 3.93. The molecular formula is C22H25N3O5. The molecule has 0 unspecified atom stereocenters. The van der Waals surface area contributed by atoms with Gasteiger partial charge in [-0.25, -0.2) is 5.43 Å². The third-order valence-electron chi connectivity index (χ3n) is 4.65. The molecule has 0 bridgehead atoms. The molecule has 0 heterocycles. The molecule has 8 heteroatoms. The molecule has 0 radical (unpaired) electrons. The van der Waals surface area contributed by atoms with Gasteiger partial charge < -0.3 is 19.9 Å². The number of fused-ring (bicyclic) bond motifs is 1. The summed E-state index contributed by atoms with van der Waals surface area (Å²) in [6, 6.07) is 11.0. The van der Waals surface area contributed by atoms with Crippen LogP contribution in [0.15, 0.2) is 41.5 Å². The number of amides is 2. The number of nitrogens with zero attached hydrogens (tertiary/aromatic N) is 1. The first kappa shape index (κ1) is 21.2. The second-order valence-corrected chi connectivity index (χ2v) is 6.88. The lowest BCUT2D eigenvalue weighted by Crippen LogP contribution is -2.24. The Labute approximate surface area is 175 Å². The van der Waals surface area contributed by atoms with Crippen molar-refractivity contribution in [1.82, 2.24) is 5.43 Å². The minimum absolute atomic E-state index is 0.126. The standard InChI is InChI=1S/C22H25N3O5/c1-28-20-10-15(6-9-19(20)30-13-21(23)26)12-24-25-22(27)14-29-18-8-7-16-4-2-3-5-17(16)11-18/h6-12H,2-5,13-14H2,1H3,(H2,23,26)(H,25,27)/b24-12-. The van der Waals surface area contributed by atoms with E-state index >= 15 is 0 Å². The summed E-state index contributed by atoms with van der Waals surface area (Å²) in [4.78, 5) is 22.8. The maximum atomic E-state index is 12.0. The van der Waals surface area contributed by atoms with E-state index in [0.29, 0.717) is 22.8 Å². The van der Waals surface area contributed by atoms with Gasteiger partial charge in [0, 0.05) is 0 Å². The topological polar surface area (TPSA) is 112 Å². The predicted molar refractivity (Wildman–Crippen MR) is 112 cm³/mol. The Morgan fingerprint density at radius 1 is 1.03 bits per heavy atom. The summed E-state index contributed by atoms with van der Waals surface area (Å²) in [6.45, 7) is -0.372. The van der Waals surface area contributed by atoms with Crippen molar-refractivity contribution in [1.29, 1.82) is 0 Å². The summed E-state index contributed by atoms with van der Waals surface area (Å²) in [6.07, 6.45) is 6.04. The minimum atomic E-state index is -0.581. The first-order chi connectivity index (χ1) is 14.5. The molecule has 3 N–H and O–H groups in total. The van der Waals surface area contributed by atoms with Crippen molar-refractivity contribution in [2.24, 2.45) is 10.8 Å². The summed E-state index contributed by atoms with van der Waals surface area (Å²) in [7, 11) is 1.48. The van der Waals surface area contributed by atoms with Crippen LogP contribution in [0.25, 0.3) is 0 Å². The number of rotatable bonds is 9. The van der Waals surface area contributed by atoms with Gasteiger partial charge in [0.25, 0.3) is 11.8 Å². The molecule has 3 rings (SSSR count). The van der Waals surface area contributed by atoms with Crippen LogP contribution < -0.4 is 25.4 Å². The number of carbonyl (C=O) groups is 2. The number of carbonyl (C=O) groups excluding carboxylic acids is 2. The highest BCUT2D eigenvalue weighted by atomic mass is 16.5. The summed E-state index contributed by atoms with van der Waals surface area (Å²) in [5.41, 5.74) is 10.8. The van der Waals surface area contributed by atoms with Crippen molar-refractivity contribution >= 4 is 18.0 Å². The molecule has 2 aromatic rings. The molecular weight excluding hydrogens is 386 g/mol. The van der Waals surface area contributed by atoms with Crippen LogP contribution in [0.3, 0.4) is 0 Å². The minimum Gasteiger partial charge on any atom is -0.493 e. The first-order valence-electron chi connectivity index (χ1n) is 9.71. The van der Waals surface area contributed by atoms with Gasteiger partial charge >= 0.3 is 0 Å². The fourth-order valence-electron chi connectivity index (χ4n) is 3.19. The van der Waals surface area contributed by atoms with Crippen molar-refractivity contribution in [3.05, 3.63) is 53.1 Å². The number of hydrogen-bond acceptors (Lipinski definition) is 6. The van der Waals surface area contributed by atoms with E-state index in [1.807, 2.05) is 12.1 Å². The van der Waals surface area contributed by atoms with E-state index in [2.05, 4.69) is 16.6 Å². The Kier molecular flexibility index (Phi) is 7.26. The zero-order valence-electron chi connectivity index (χ0n) is 16.8. The molecule has 0 atom stereocenters. The Morgan fingerprint density at radius 2 is 1.83 bits per heavy atom. The lowest BCUT2D eigenvalue weighted by atomic mass is 9.92. The van der Waals surface area contributed by atoms with Crippen LogP contribution in [-0.4, -0.2) is 38.4 Å². The normalized spacial score (nSPS) is 12.8. The average molecular weight is 411 g/mol. The Morgan fingerprint density at radius 3 is 2.60 bits per heavy atom. The largest absolute Gasteiger partial charge is 0.493 e. The zero-order chi connectivity index (χ0) is 21.3. The maximum absolute atomic E-state index is 12.0.